The molecule has 0 radical (unpaired) electrons. The second kappa shape index (κ2) is 3.89. The molecule has 0 N–H and O–H groups in total. The van der Waals surface area contributed by atoms with E-state index in [0.717, 1.165) is 6.29 Å². The Hall–Kier alpha value is -1.57. The van der Waals surface area contributed by atoms with Crippen molar-refractivity contribution in [2.75, 3.05) is 0 Å². The van der Waals surface area contributed by atoms with Gasteiger partial charge < -0.3 is 9.36 Å². The van der Waals surface area contributed by atoms with Crippen molar-refractivity contribution in [3.05, 3.63) is 36.0 Å². The number of para-hydroxylation sites is 1. The molecule has 0 aliphatic carbocycles. The fourth-order valence-electron chi connectivity index (χ4n) is 2.04. The van der Waals surface area contributed by atoms with E-state index in [1.165, 1.54) is 16.5 Å². The number of benzene rings is 1. The van der Waals surface area contributed by atoms with E-state index in [0.29, 0.717) is 12.3 Å². The summed E-state index contributed by atoms with van der Waals surface area (Å²) in [7, 11) is 2.04. The highest BCUT2D eigenvalue weighted by Crippen LogP contribution is 2.28. The van der Waals surface area contributed by atoms with Gasteiger partial charge in [-0.25, -0.2) is 0 Å². The lowest BCUT2D eigenvalue weighted by molar-refractivity contribution is -0.108. The monoisotopic (exact) mass is 201 g/mol. The van der Waals surface area contributed by atoms with Crippen molar-refractivity contribution in [2.24, 2.45) is 7.05 Å². The molecule has 0 amide bonds. The molecule has 2 nitrogen and oxygen atoms in total. The fourth-order valence-corrected chi connectivity index (χ4v) is 2.04. The second-order valence-electron chi connectivity index (χ2n) is 4.02. The zero-order chi connectivity index (χ0) is 10.8. The molecule has 0 bridgehead atoms. The molecule has 0 aliphatic heterocycles. The summed E-state index contributed by atoms with van der Waals surface area (Å²) in [4.78, 5) is 10.5. The first kappa shape index (κ1) is 9.97. The number of aryl methyl sites for hydroxylation is 1. The van der Waals surface area contributed by atoms with Crippen molar-refractivity contribution in [1.82, 2.24) is 4.57 Å². The van der Waals surface area contributed by atoms with E-state index in [1.807, 2.05) is 19.2 Å². The van der Waals surface area contributed by atoms with E-state index in [-0.39, 0.29) is 0 Å². The maximum absolute atomic E-state index is 10.5. The molecule has 0 saturated carbocycles. The van der Waals surface area contributed by atoms with Crippen LogP contribution in [0.5, 0.6) is 0 Å². The molecule has 78 valence electrons. The molecule has 1 aromatic carbocycles. The minimum Gasteiger partial charge on any atom is -0.350 e. The van der Waals surface area contributed by atoms with Crippen LogP contribution in [-0.2, 0) is 11.8 Å². The summed E-state index contributed by atoms with van der Waals surface area (Å²) in [6.07, 6.45) is 3.71. The van der Waals surface area contributed by atoms with Crippen LogP contribution in [0.1, 0.15) is 24.8 Å². The van der Waals surface area contributed by atoms with Crippen LogP contribution in [0.2, 0.25) is 0 Å². The molecule has 2 heteroatoms. The van der Waals surface area contributed by atoms with Gasteiger partial charge in [-0.3, -0.25) is 0 Å². The highest BCUT2D eigenvalue weighted by Gasteiger charge is 2.11. The van der Waals surface area contributed by atoms with Crippen LogP contribution in [0.15, 0.2) is 30.5 Å². The van der Waals surface area contributed by atoms with Crippen molar-refractivity contribution in [1.29, 1.82) is 0 Å². The summed E-state index contributed by atoms with van der Waals surface area (Å²) in [5.41, 5.74) is 2.49. The minimum absolute atomic E-state index is 0.300. The first-order valence-electron chi connectivity index (χ1n) is 5.21. The van der Waals surface area contributed by atoms with Gasteiger partial charge in [0.25, 0.3) is 0 Å². The number of aromatic nitrogens is 1. The van der Waals surface area contributed by atoms with Gasteiger partial charge in [0.05, 0.1) is 0 Å². The smallest absolute Gasteiger partial charge is 0.120 e. The summed E-state index contributed by atoms with van der Waals surface area (Å²) in [6.45, 7) is 2.09. The Balaban J connectivity index is 2.56. The third-order valence-corrected chi connectivity index (χ3v) is 2.91. The molecule has 0 aliphatic rings. The number of nitrogens with zero attached hydrogens (tertiary/aromatic N) is 1. The van der Waals surface area contributed by atoms with E-state index < -0.39 is 0 Å². The largest absolute Gasteiger partial charge is 0.350 e. The van der Waals surface area contributed by atoms with Gasteiger partial charge in [-0.1, -0.05) is 25.1 Å². The maximum Gasteiger partial charge on any atom is 0.120 e. The Morgan fingerprint density at radius 2 is 2.13 bits per heavy atom. The zero-order valence-corrected chi connectivity index (χ0v) is 9.10. The van der Waals surface area contributed by atoms with Gasteiger partial charge in [0.2, 0.25) is 0 Å². The quantitative estimate of drug-likeness (QED) is 0.700. The van der Waals surface area contributed by atoms with Crippen molar-refractivity contribution < 1.29 is 4.79 Å². The topological polar surface area (TPSA) is 22.0 Å². The van der Waals surface area contributed by atoms with E-state index in [2.05, 4.69) is 29.8 Å². The molecule has 0 fully saturated rings. The highest BCUT2D eigenvalue weighted by molar-refractivity contribution is 5.84. The fraction of sp³-hybridized carbons (Fsp3) is 0.308. The lowest BCUT2D eigenvalue weighted by Gasteiger charge is -2.05. The predicted molar refractivity (Wildman–Crippen MR) is 62.0 cm³/mol. The summed E-state index contributed by atoms with van der Waals surface area (Å²) in [5.74, 6) is 0.300. The molecule has 1 heterocycles. The van der Waals surface area contributed by atoms with Gasteiger partial charge in [-0.15, -0.1) is 0 Å². The van der Waals surface area contributed by atoms with Crippen molar-refractivity contribution in [2.45, 2.75) is 19.3 Å². The van der Waals surface area contributed by atoms with Gasteiger partial charge in [0.15, 0.2) is 0 Å². The lowest BCUT2D eigenvalue weighted by atomic mass is 9.98. The standard InChI is InChI=1S/C13H15NO/c1-10(7-8-15)12-9-14(2)13-6-4-3-5-11(12)13/h3-6,8-10H,7H2,1-2H3/t10-/m0/s1. The summed E-state index contributed by atoms with van der Waals surface area (Å²) >= 11 is 0. The van der Waals surface area contributed by atoms with Crippen LogP contribution >= 0.6 is 0 Å². The Bertz CT molecular complexity index is 484. The number of carbonyl (C=O) groups excluding carboxylic acids is 1. The number of hydrogen-bond donors (Lipinski definition) is 0. The molecule has 1 atom stereocenters. The van der Waals surface area contributed by atoms with E-state index in [4.69, 9.17) is 0 Å². The van der Waals surface area contributed by atoms with Crippen LogP contribution in [0.4, 0.5) is 0 Å². The van der Waals surface area contributed by atoms with Crippen LogP contribution in [0.25, 0.3) is 10.9 Å². The second-order valence-corrected chi connectivity index (χ2v) is 4.02. The minimum atomic E-state index is 0.300. The normalized spacial score (nSPS) is 12.9. The van der Waals surface area contributed by atoms with Crippen molar-refractivity contribution in [3.8, 4) is 0 Å². The summed E-state index contributed by atoms with van der Waals surface area (Å²) in [5, 5.41) is 1.26. The predicted octanol–water partition coefficient (Wildman–Crippen LogP) is 2.87. The van der Waals surface area contributed by atoms with Gasteiger partial charge in [0, 0.05) is 30.6 Å². The maximum atomic E-state index is 10.5. The third-order valence-electron chi connectivity index (χ3n) is 2.91. The Labute approximate surface area is 89.5 Å². The molecule has 15 heavy (non-hydrogen) atoms. The zero-order valence-electron chi connectivity index (χ0n) is 9.10. The molecule has 2 aromatic rings. The first-order valence-corrected chi connectivity index (χ1v) is 5.21. The van der Waals surface area contributed by atoms with Gasteiger partial charge in [0.1, 0.15) is 6.29 Å². The lowest BCUT2D eigenvalue weighted by Crippen LogP contribution is -1.92. The number of aldehydes is 1. The highest BCUT2D eigenvalue weighted by atomic mass is 16.1. The average molecular weight is 201 g/mol. The van der Waals surface area contributed by atoms with E-state index in [1.54, 1.807) is 0 Å². The van der Waals surface area contributed by atoms with E-state index >= 15 is 0 Å². The number of carbonyl (C=O) groups is 1. The molecule has 1 aromatic heterocycles. The van der Waals surface area contributed by atoms with Crippen molar-refractivity contribution in [3.63, 3.8) is 0 Å². The van der Waals surface area contributed by atoms with Gasteiger partial charge in [-0.05, 0) is 17.5 Å². The molecular weight excluding hydrogens is 186 g/mol. The van der Waals surface area contributed by atoms with Crippen LogP contribution in [0, 0.1) is 0 Å². The Morgan fingerprint density at radius 3 is 2.87 bits per heavy atom. The summed E-state index contributed by atoms with van der Waals surface area (Å²) < 4.78 is 2.12. The van der Waals surface area contributed by atoms with Gasteiger partial charge in [-0.2, -0.15) is 0 Å². The van der Waals surface area contributed by atoms with Crippen LogP contribution < -0.4 is 0 Å². The average Bonchev–Trinajstić information content (AvgIpc) is 2.58. The van der Waals surface area contributed by atoms with Crippen LogP contribution in [0.3, 0.4) is 0 Å². The SMILES string of the molecule is C[C@@H](CC=O)c1cn(C)c2ccccc12. The van der Waals surface area contributed by atoms with Crippen molar-refractivity contribution >= 4 is 17.2 Å². The van der Waals surface area contributed by atoms with Crippen LogP contribution in [-0.4, -0.2) is 10.9 Å². The number of rotatable bonds is 3. The Morgan fingerprint density at radius 1 is 1.40 bits per heavy atom. The molecule has 2 rings (SSSR count). The summed E-state index contributed by atoms with van der Waals surface area (Å²) in [6, 6.07) is 8.30. The third kappa shape index (κ3) is 1.67. The Kier molecular flexibility index (Phi) is 2.58. The molecule has 0 saturated heterocycles. The first-order chi connectivity index (χ1) is 7.24. The van der Waals surface area contributed by atoms with E-state index in [9.17, 15) is 4.79 Å². The molecular formula is C13H15NO. The van der Waals surface area contributed by atoms with Gasteiger partial charge >= 0.3 is 0 Å². The number of hydrogen-bond acceptors (Lipinski definition) is 1. The number of fused-ring (bicyclic) bond motifs is 1. The molecule has 0 spiro atoms. The molecule has 0 unspecified atom stereocenters.